The summed E-state index contributed by atoms with van der Waals surface area (Å²) < 4.78 is 2.21. The van der Waals surface area contributed by atoms with E-state index in [-0.39, 0.29) is 35.6 Å². The van der Waals surface area contributed by atoms with E-state index in [0.29, 0.717) is 0 Å². The van der Waals surface area contributed by atoms with Gasteiger partial charge in [0.25, 0.3) is 0 Å². The average molecular weight is 365 g/mol. The van der Waals surface area contributed by atoms with Crippen LogP contribution >= 0.6 is 0 Å². The van der Waals surface area contributed by atoms with Crippen molar-refractivity contribution in [3.63, 3.8) is 0 Å². The van der Waals surface area contributed by atoms with Gasteiger partial charge in [0.15, 0.2) is 0 Å². The van der Waals surface area contributed by atoms with Crippen molar-refractivity contribution in [2.24, 2.45) is 11.3 Å². The van der Waals surface area contributed by atoms with Crippen molar-refractivity contribution in [1.82, 2.24) is 14.5 Å². The van der Waals surface area contributed by atoms with Crippen molar-refractivity contribution in [1.29, 1.82) is 0 Å². The van der Waals surface area contributed by atoms with Crippen molar-refractivity contribution >= 4 is 6.09 Å². The minimum Gasteiger partial charge on any atom is -0.465 e. The van der Waals surface area contributed by atoms with E-state index >= 15 is 0 Å². The molecule has 6 nitrogen and oxygen atoms in total. The number of rotatable bonds is 1. The van der Waals surface area contributed by atoms with Gasteiger partial charge in [-0.1, -0.05) is 24.3 Å². The summed E-state index contributed by atoms with van der Waals surface area (Å²) in [5, 5.41) is 20.8. The number of piperidine rings is 1. The number of amides is 1. The largest absolute Gasteiger partial charge is 0.465 e. The number of hydrogen-bond donors (Lipinski definition) is 2. The van der Waals surface area contributed by atoms with Gasteiger partial charge in [-0.05, 0) is 37.7 Å². The molecule has 27 heavy (non-hydrogen) atoms. The number of aromatic nitrogens is 2. The summed E-state index contributed by atoms with van der Waals surface area (Å²) in [7, 11) is 0. The van der Waals surface area contributed by atoms with Crippen LogP contribution in [-0.4, -0.2) is 48.9 Å². The lowest BCUT2D eigenvalue weighted by atomic mass is 9.51. The summed E-state index contributed by atoms with van der Waals surface area (Å²) in [4.78, 5) is 17.6. The molecule has 1 aromatic carbocycles. The third-order valence-corrected chi connectivity index (χ3v) is 7.73. The first-order valence-corrected chi connectivity index (χ1v) is 9.89. The number of hydrogen-bond acceptors (Lipinski definition) is 3. The van der Waals surface area contributed by atoms with Gasteiger partial charge in [-0.2, -0.15) is 0 Å². The van der Waals surface area contributed by atoms with Crippen LogP contribution in [0.2, 0.25) is 0 Å². The second-order valence-corrected chi connectivity index (χ2v) is 8.88. The molecule has 0 unspecified atom stereocenters. The smallest absolute Gasteiger partial charge is 0.407 e. The highest BCUT2D eigenvalue weighted by Gasteiger charge is 2.62. The van der Waals surface area contributed by atoms with Crippen LogP contribution in [0.1, 0.15) is 43.7 Å². The zero-order valence-electron chi connectivity index (χ0n) is 15.0. The third kappa shape index (κ3) is 1.89. The van der Waals surface area contributed by atoms with Crippen molar-refractivity contribution in [3.05, 3.63) is 42.4 Å². The number of imidazole rings is 1. The first-order valence-electron chi connectivity index (χ1n) is 9.89. The summed E-state index contributed by atoms with van der Waals surface area (Å²) in [6, 6.07) is 8.72. The summed E-state index contributed by atoms with van der Waals surface area (Å²) in [5.74, 6) is 0.164. The number of fused-ring (bicyclic) bond motifs is 5. The molecule has 2 N–H and O–H groups in total. The van der Waals surface area contributed by atoms with E-state index in [1.807, 2.05) is 12.5 Å². The molecular weight excluding hydrogens is 342 g/mol. The summed E-state index contributed by atoms with van der Waals surface area (Å²) in [5.41, 5.74) is 3.51. The lowest BCUT2D eigenvalue weighted by Gasteiger charge is -2.59. The van der Waals surface area contributed by atoms with E-state index in [9.17, 15) is 15.0 Å². The standard InChI is InChI=1S/C21H23N3O3/c25-19-16(9-21(19)7-12-5-6-13(8-21)24(12)20(26)27)18-15-4-2-1-3-14(15)17-10-22-11-23(17)18/h1-4,10-13,16,18-19,25H,5-9H2,(H,26,27)/t12-,13+,16-,18-,19+,21+/m1/s1. The highest BCUT2D eigenvalue weighted by molar-refractivity contribution is 5.69. The first-order chi connectivity index (χ1) is 13.1. The van der Waals surface area contributed by atoms with Crippen LogP contribution in [0.3, 0.4) is 0 Å². The van der Waals surface area contributed by atoms with Crippen LogP contribution in [0, 0.1) is 11.3 Å². The summed E-state index contributed by atoms with van der Waals surface area (Å²) in [6.45, 7) is 0. The molecule has 1 aromatic heterocycles. The maximum absolute atomic E-state index is 11.6. The van der Waals surface area contributed by atoms with Crippen LogP contribution in [0.25, 0.3) is 11.3 Å². The zero-order valence-corrected chi connectivity index (χ0v) is 15.0. The minimum absolute atomic E-state index is 0.0801. The summed E-state index contributed by atoms with van der Waals surface area (Å²) in [6.07, 6.45) is 7.06. The number of benzene rings is 1. The minimum atomic E-state index is -0.796. The van der Waals surface area contributed by atoms with Gasteiger partial charge in [-0.15, -0.1) is 0 Å². The molecule has 0 radical (unpaired) electrons. The van der Waals surface area contributed by atoms with Crippen LogP contribution < -0.4 is 0 Å². The highest BCUT2D eigenvalue weighted by atomic mass is 16.4. The van der Waals surface area contributed by atoms with E-state index in [2.05, 4.69) is 33.8 Å². The lowest BCUT2D eigenvalue weighted by molar-refractivity contribution is -0.166. The monoisotopic (exact) mass is 365 g/mol. The van der Waals surface area contributed by atoms with Crippen molar-refractivity contribution < 1.29 is 15.0 Å². The van der Waals surface area contributed by atoms with Crippen LogP contribution in [-0.2, 0) is 0 Å². The Kier molecular flexibility index (Phi) is 2.98. The van der Waals surface area contributed by atoms with E-state index in [1.54, 1.807) is 4.90 Å². The SMILES string of the molecule is O=C(O)N1[C@@H]2CC[C@H]1C[C@]1(C[C@H]([C@H]3c4ccccc4-c4cncn43)[C@@H]1O)C2. The maximum Gasteiger partial charge on any atom is 0.407 e. The normalized spacial score (nSPS) is 38.6. The Hall–Kier alpha value is -2.34. The Labute approximate surface area is 157 Å². The quantitative estimate of drug-likeness (QED) is 0.814. The molecule has 4 aliphatic rings. The molecule has 1 aliphatic carbocycles. The summed E-state index contributed by atoms with van der Waals surface area (Å²) >= 11 is 0. The third-order valence-electron chi connectivity index (χ3n) is 7.73. The van der Waals surface area contributed by atoms with Crippen molar-refractivity contribution in [2.45, 2.75) is 56.3 Å². The number of aliphatic hydroxyl groups excluding tert-OH is 1. The Balaban J connectivity index is 1.31. The number of aliphatic hydroxyl groups is 1. The fraction of sp³-hybridized carbons (Fsp3) is 0.524. The van der Waals surface area contributed by atoms with Crippen LogP contribution in [0.4, 0.5) is 4.79 Å². The molecule has 1 saturated carbocycles. The van der Waals surface area contributed by atoms with Crippen LogP contribution in [0.15, 0.2) is 36.8 Å². The zero-order chi connectivity index (χ0) is 18.3. The van der Waals surface area contributed by atoms with Gasteiger partial charge >= 0.3 is 6.09 Å². The fourth-order valence-electron chi connectivity index (χ4n) is 6.69. The number of carboxylic acid groups (broad SMARTS) is 1. The Bertz CT molecular complexity index is 924. The molecule has 2 aromatic rings. The van der Waals surface area contributed by atoms with Gasteiger partial charge < -0.3 is 19.7 Å². The lowest BCUT2D eigenvalue weighted by Crippen LogP contribution is -2.62. The van der Waals surface area contributed by atoms with E-state index in [4.69, 9.17) is 0 Å². The predicted octanol–water partition coefficient (Wildman–Crippen LogP) is 3.12. The molecule has 1 amide bonds. The predicted molar refractivity (Wildman–Crippen MR) is 98.3 cm³/mol. The number of nitrogens with zero attached hydrogens (tertiary/aromatic N) is 3. The maximum atomic E-state index is 11.6. The Morgan fingerprint density at radius 3 is 2.59 bits per heavy atom. The van der Waals surface area contributed by atoms with E-state index in [0.717, 1.165) is 37.8 Å². The van der Waals surface area contributed by atoms with Crippen molar-refractivity contribution in [3.8, 4) is 11.3 Å². The first kappa shape index (κ1) is 15.7. The second-order valence-electron chi connectivity index (χ2n) is 8.88. The van der Waals surface area contributed by atoms with Gasteiger partial charge in [0.2, 0.25) is 0 Å². The molecule has 140 valence electrons. The molecule has 1 spiro atoms. The van der Waals surface area contributed by atoms with E-state index in [1.165, 1.54) is 11.1 Å². The number of carbonyl (C=O) groups is 1. The topological polar surface area (TPSA) is 78.6 Å². The molecular formula is C21H23N3O3. The Morgan fingerprint density at radius 2 is 1.89 bits per heavy atom. The second kappa shape index (κ2) is 5.13. The van der Waals surface area contributed by atoms with Crippen LogP contribution in [0.5, 0.6) is 0 Å². The molecule has 6 heteroatoms. The Morgan fingerprint density at radius 1 is 1.15 bits per heavy atom. The van der Waals surface area contributed by atoms with Crippen molar-refractivity contribution in [2.75, 3.05) is 0 Å². The molecule has 3 fully saturated rings. The average Bonchev–Trinajstić information content (AvgIpc) is 3.32. The van der Waals surface area contributed by atoms with Gasteiger partial charge in [0.05, 0.1) is 30.4 Å². The molecule has 6 atom stereocenters. The molecule has 4 heterocycles. The molecule has 3 aliphatic heterocycles. The van der Waals surface area contributed by atoms with E-state index < -0.39 is 6.09 Å². The van der Waals surface area contributed by atoms with Gasteiger partial charge in [-0.3, -0.25) is 0 Å². The van der Waals surface area contributed by atoms with Gasteiger partial charge in [0, 0.05) is 29.0 Å². The highest BCUT2D eigenvalue weighted by Crippen LogP contribution is 2.62. The fourth-order valence-corrected chi connectivity index (χ4v) is 6.69. The molecule has 2 bridgehead atoms. The molecule has 6 rings (SSSR count). The van der Waals surface area contributed by atoms with Gasteiger partial charge in [0.1, 0.15) is 0 Å². The molecule has 2 saturated heterocycles. The van der Waals surface area contributed by atoms with Gasteiger partial charge in [-0.25, -0.2) is 9.78 Å².